The fourth-order valence-electron chi connectivity index (χ4n) is 3.80. The molecule has 0 aromatic carbocycles. The van der Waals surface area contributed by atoms with Crippen LogP contribution in [0.3, 0.4) is 0 Å². The maximum Gasteiger partial charge on any atom is 0.237 e. The average molecular weight is 251 g/mol. The predicted molar refractivity (Wildman–Crippen MR) is 71.3 cm³/mol. The Bertz CT molecular complexity index is 287. The molecule has 0 bridgehead atoms. The molecule has 0 aromatic heterocycles. The van der Waals surface area contributed by atoms with E-state index < -0.39 is 0 Å². The minimum Gasteiger partial charge on any atom is -0.351 e. The topological polar surface area (TPSA) is 53.2 Å². The van der Waals surface area contributed by atoms with Gasteiger partial charge in [0.25, 0.3) is 0 Å². The van der Waals surface area contributed by atoms with E-state index in [1.54, 1.807) is 0 Å². The highest BCUT2D eigenvalue weighted by atomic mass is 16.2. The third kappa shape index (κ3) is 2.69. The highest BCUT2D eigenvalue weighted by Gasteiger charge is 2.38. The van der Waals surface area contributed by atoms with E-state index in [1.165, 1.54) is 32.1 Å². The molecule has 1 aliphatic carbocycles. The van der Waals surface area contributed by atoms with Gasteiger partial charge in [-0.25, -0.2) is 0 Å². The molecular formula is C14H25N3O. The van der Waals surface area contributed by atoms with Gasteiger partial charge >= 0.3 is 0 Å². The van der Waals surface area contributed by atoms with Crippen LogP contribution in [0.5, 0.6) is 0 Å². The zero-order valence-corrected chi connectivity index (χ0v) is 11.1. The van der Waals surface area contributed by atoms with Crippen LogP contribution in [-0.4, -0.2) is 37.1 Å². The van der Waals surface area contributed by atoms with Gasteiger partial charge in [0.1, 0.15) is 0 Å². The second-order valence-electron chi connectivity index (χ2n) is 6.16. The third-order valence-corrected chi connectivity index (χ3v) is 4.82. The number of rotatable bonds is 2. The molecule has 3 aliphatic rings. The van der Waals surface area contributed by atoms with E-state index in [0.717, 1.165) is 31.8 Å². The van der Waals surface area contributed by atoms with Gasteiger partial charge in [-0.2, -0.15) is 0 Å². The van der Waals surface area contributed by atoms with Crippen molar-refractivity contribution in [3.05, 3.63) is 0 Å². The van der Waals surface area contributed by atoms with E-state index in [-0.39, 0.29) is 11.9 Å². The fourth-order valence-corrected chi connectivity index (χ4v) is 3.80. The van der Waals surface area contributed by atoms with Crippen molar-refractivity contribution in [2.75, 3.05) is 13.1 Å². The quantitative estimate of drug-likeness (QED) is 0.680. The molecule has 0 spiro atoms. The van der Waals surface area contributed by atoms with Crippen LogP contribution in [0.25, 0.3) is 0 Å². The summed E-state index contributed by atoms with van der Waals surface area (Å²) in [6.07, 6.45) is 8.61. The van der Waals surface area contributed by atoms with Crippen LogP contribution in [-0.2, 0) is 4.79 Å². The molecular weight excluding hydrogens is 226 g/mol. The molecule has 102 valence electrons. The van der Waals surface area contributed by atoms with Gasteiger partial charge in [0, 0.05) is 18.6 Å². The van der Waals surface area contributed by atoms with E-state index in [0.29, 0.717) is 12.1 Å². The molecule has 4 atom stereocenters. The molecule has 3 fully saturated rings. The lowest BCUT2D eigenvalue weighted by Gasteiger charge is -2.25. The van der Waals surface area contributed by atoms with Gasteiger partial charge in [0.15, 0.2) is 0 Å². The molecule has 3 unspecified atom stereocenters. The average Bonchev–Trinajstić information content (AvgIpc) is 2.84. The highest BCUT2D eigenvalue weighted by molar-refractivity contribution is 5.82. The number of hydrogen-bond donors (Lipinski definition) is 3. The second-order valence-corrected chi connectivity index (χ2v) is 6.16. The molecule has 3 rings (SSSR count). The van der Waals surface area contributed by atoms with Gasteiger partial charge in [-0.05, 0) is 44.6 Å². The Morgan fingerprint density at radius 2 is 2.00 bits per heavy atom. The lowest BCUT2D eigenvalue weighted by atomic mass is 9.85. The Labute approximate surface area is 109 Å². The van der Waals surface area contributed by atoms with Crippen molar-refractivity contribution in [1.82, 2.24) is 16.0 Å². The maximum absolute atomic E-state index is 12.3. The molecule has 18 heavy (non-hydrogen) atoms. The number of carbonyl (C=O) groups excluding carboxylic acids is 1. The van der Waals surface area contributed by atoms with Crippen LogP contribution in [0.1, 0.15) is 44.9 Å². The Kier molecular flexibility index (Phi) is 3.85. The van der Waals surface area contributed by atoms with Gasteiger partial charge < -0.3 is 16.0 Å². The van der Waals surface area contributed by atoms with Gasteiger partial charge in [-0.1, -0.05) is 12.8 Å². The van der Waals surface area contributed by atoms with E-state index in [1.807, 2.05) is 0 Å². The van der Waals surface area contributed by atoms with Crippen molar-refractivity contribution in [2.45, 2.75) is 63.1 Å². The summed E-state index contributed by atoms with van der Waals surface area (Å²) in [5, 5.41) is 10.1. The molecule has 2 saturated heterocycles. The van der Waals surface area contributed by atoms with Crippen LogP contribution >= 0.6 is 0 Å². The van der Waals surface area contributed by atoms with Crippen LogP contribution in [0.15, 0.2) is 0 Å². The summed E-state index contributed by atoms with van der Waals surface area (Å²) >= 11 is 0. The molecule has 0 radical (unpaired) electrons. The Balaban J connectivity index is 1.50. The van der Waals surface area contributed by atoms with Crippen molar-refractivity contribution in [3.8, 4) is 0 Å². The zero-order valence-electron chi connectivity index (χ0n) is 11.1. The summed E-state index contributed by atoms with van der Waals surface area (Å²) in [7, 11) is 0. The van der Waals surface area contributed by atoms with Crippen molar-refractivity contribution < 1.29 is 4.79 Å². The van der Waals surface area contributed by atoms with Gasteiger partial charge in [0.2, 0.25) is 5.91 Å². The highest BCUT2D eigenvalue weighted by Crippen LogP contribution is 2.33. The van der Waals surface area contributed by atoms with Crippen molar-refractivity contribution in [2.24, 2.45) is 5.92 Å². The first-order valence-electron chi connectivity index (χ1n) is 7.60. The number of piperidine rings is 1. The molecule has 1 amide bonds. The fraction of sp³-hybridized carbons (Fsp3) is 0.929. The van der Waals surface area contributed by atoms with Gasteiger partial charge in [0.05, 0.1) is 6.04 Å². The van der Waals surface area contributed by atoms with Crippen molar-refractivity contribution >= 4 is 5.91 Å². The van der Waals surface area contributed by atoms with E-state index in [9.17, 15) is 4.79 Å². The summed E-state index contributed by atoms with van der Waals surface area (Å²) in [5.74, 6) is 0.983. The molecule has 2 aliphatic heterocycles. The zero-order chi connectivity index (χ0) is 12.4. The first kappa shape index (κ1) is 12.4. The van der Waals surface area contributed by atoms with Gasteiger partial charge in [-0.3, -0.25) is 4.79 Å². The Morgan fingerprint density at radius 1 is 1.11 bits per heavy atom. The first-order valence-corrected chi connectivity index (χ1v) is 7.60. The minimum atomic E-state index is 0.0695. The summed E-state index contributed by atoms with van der Waals surface area (Å²) in [4.78, 5) is 12.3. The largest absolute Gasteiger partial charge is 0.351 e. The second kappa shape index (κ2) is 5.57. The van der Waals surface area contributed by atoms with E-state index in [2.05, 4.69) is 16.0 Å². The monoisotopic (exact) mass is 251 g/mol. The third-order valence-electron chi connectivity index (χ3n) is 4.82. The molecule has 4 heteroatoms. The summed E-state index contributed by atoms with van der Waals surface area (Å²) in [5.41, 5.74) is 0. The molecule has 1 saturated carbocycles. The number of nitrogens with one attached hydrogen (secondary N) is 3. The predicted octanol–water partition coefficient (Wildman–Crippen LogP) is 0.775. The minimum absolute atomic E-state index is 0.0695. The number of amides is 1. The lowest BCUT2D eigenvalue weighted by Crippen LogP contribution is -2.51. The first-order chi connectivity index (χ1) is 8.83. The van der Waals surface area contributed by atoms with Crippen LogP contribution in [0.2, 0.25) is 0 Å². The SMILES string of the molecule is O=C(N[C@H]1CCCNC1)C1CC2CCCCC2N1. The van der Waals surface area contributed by atoms with E-state index >= 15 is 0 Å². The maximum atomic E-state index is 12.3. The standard InChI is InChI=1S/C14H25N3O/c18-14(16-11-5-3-7-15-9-11)13-8-10-4-1-2-6-12(10)17-13/h10-13,15,17H,1-9H2,(H,16,18)/t10?,11-,12?,13?/m0/s1. The Morgan fingerprint density at radius 3 is 2.78 bits per heavy atom. The van der Waals surface area contributed by atoms with E-state index in [4.69, 9.17) is 0 Å². The lowest BCUT2D eigenvalue weighted by molar-refractivity contribution is -0.123. The van der Waals surface area contributed by atoms with Crippen molar-refractivity contribution in [1.29, 1.82) is 0 Å². The van der Waals surface area contributed by atoms with Gasteiger partial charge in [-0.15, -0.1) is 0 Å². The van der Waals surface area contributed by atoms with Crippen LogP contribution in [0, 0.1) is 5.92 Å². The number of fused-ring (bicyclic) bond motifs is 1. The summed E-state index contributed by atoms with van der Waals surface area (Å²) < 4.78 is 0. The summed E-state index contributed by atoms with van der Waals surface area (Å²) in [6, 6.07) is 1.02. The molecule has 2 heterocycles. The normalized spacial score (nSPS) is 40.2. The summed E-state index contributed by atoms with van der Waals surface area (Å²) in [6.45, 7) is 2.03. The van der Waals surface area contributed by atoms with Crippen LogP contribution < -0.4 is 16.0 Å². The molecule has 4 nitrogen and oxygen atoms in total. The molecule has 0 aromatic rings. The van der Waals surface area contributed by atoms with Crippen LogP contribution in [0.4, 0.5) is 0 Å². The number of hydrogen-bond acceptors (Lipinski definition) is 3. The van der Waals surface area contributed by atoms with Crippen molar-refractivity contribution in [3.63, 3.8) is 0 Å². The Hall–Kier alpha value is -0.610. The smallest absolute Gasteiger partial charge is 0.237 e. The molecule has 3 N–H and O–H groups in total. The number of carbonyl (C=O) groups is 1.